The summed E-state index contributed by atoms with van der Waals surface area (Å²) < 4.78 is 43.2. The SMILES string of the molecule is COc1ccc(CN=C(NCC(=O)N(C)C)NCc2nc(C(F)(F)F)cs2)cc1. The second kappa shape index (κ2) is 10.1. The van der Waals surface area contributed by atoms with E-state index in [1.807, 2.05) is 12.1 Å². The molecule has 1 aromatic heterocycles. The number of nitrogens with zero attached hydrogens (tertiary/aromatic N) is 3. The maximum Gasteiger partial charge on any atom is 0.434 e. The zero-order valence-corrected chi connectivity index (χ0v) is 17.0. The van der Waals surface area contributed by atoms with E-state index < -0.39 is 11.9 Å². The number of methoxy groups -OCH3 is 1. The second-order valence-corrected chi connectivity index (χ2v) is 7.08. The van der Waals surface area contributed by atoms with Crippen LogP contribution in [0.1, 0.15) is 16.3 Å². The smallest absolute Gasteiger partial charge is 0.434 e. The third-order valence-corrected chi connectivity index (χ3v) is 4.58. The summed E-state index contributed by atoms with van der Waals surface area (Å²) in [5, 5.41) is 7.02. The fourth-order valence-electron chi connectivity index (χ4n) is 2.07. The first-order valence-electron chi connectivity index (χ1n) is 8.56. The van der Waals surface area contributed by atoms with Crippen LogP contribution in [0.25, 0.3) is 0 Å². The molecular formula is C18H22F3N5O2S. The summed E-state index contributed by atoms with van der Waals surface area (Å²) in [5.74, 6) is 0.840. The number of nitrogens with one attached hydrogen (secondary N) is 2. The Balaban J connectivity index is 2.04. The summed E-state index contributed by atoms with van der Waals surface area (Å²) in [6.07, 6.45) is -4.48. The quantitative estimate of drug-likeness (QED) is 0.522. The number of rotatable bonds is 7. The molecule has 158 valence electrons. The number of benzene rings is 1. The number of aromatic nitrogens is 1. The van der Waals surface area contributed by atoms with Crippen molar-refractivity contribution >= 4 is 23.2 Å². The molecule has 0 fully saturated rings. The number of aliphatic imine (C=N–C) groups is 1. The second-order valence-electron chi connectivity index (χ2n) is 6.13. The van der Waals surface area contributed by atoms with Gasteiger partial charge in [0.15, 0.2) is 11.7 Å². The predicted molar refractivity (Wildman–Crippen MR) is 105 cm³/mol. The van der Waals surface area contributed by atoms with Crippen molar-refractivity contribution in [2.45, 2.75) is 19.3 Å². The highest BCUT2D eigenvalue weighted by atomic mass is 32.1. The van der Waals surface area contributed by atoms with Crippen LogP contribution in [0, 0.1) is 0 Å². The van der Waals surface area contributed by atoms with Crippen molar-refractivity contribution in [1.82, 2.24) is 20.5 Å². The number of thiazole rings is 1. The Kier molecular flexibility index (Phi) is 7.82. The lowest BCUT2D eigenvalue weighted by atomic mass is 10.2. The van der Waals surface area contributed by atoms with E-state index in [2.05, 4.69) is 20.6 Å². The Labute approximate surface area is 170 Å². The molecule has 11 heteroatoms. The van der Waals surface area contributed by atoms with Crippen LogP contribution in [0.15, 0.2) is 34.6 Å². The standard InChI is InChI=1S/C18H22F3N5O2S/c1-26(2)16(27)10-24-17(22-8-12-4-6-13(28-3)7-5-12)23-9-15-25-14(11-29-15)18(19,20)21/h4-7,11H,8-10H2,1-3H3,(H2,22,23,24). The highest BCUT2D eigenvalue weighted by Crippen LogP contribution is 2.29. The van der Waals surface area contributed by atoms with E-state index in [9.17, 15) is 18.0 Å². The molecule has 2 aromatic rings. The molecule has 0 atom stereocenters. The third kappa shape index (κ3) is 7.26. The van der Waals surface area contributed by atoms with Crippen LogP contribution < -0.4 is 15.4 Å². The van der Waals surface area contributed by atoms with Crippen LogP contribution >= 0.6 is 11.3 Å². The molecule has 0 aliphatic carbocycles. The van der Waals surface area contributed by atoms with Gasteiger partial charge in [0.05, 0.1) is 26.7 Å². The van der Waals surface area contributed by atoms with E-state index in [4.69, 9.17) is 4.74 Å². The Hall–Kier alpha value is -2.82. The molecule has 1 aromatic carbocycles. The van der Waals surface area contributed by atoms with Gasteiger partial charge in [0, 0.05) is 19.5 Å². The van der Waals surface area contributed by atoms with Gasteiger partial charge in [-0.3, -0.25) is 4.79 Å². The lowest BCUT2D eigenvalue weighted by Gasteiger charge is -2.14. The number of likely N-dealkylation sites (N-methyl/N-ethyl adjacent to an activating group) is 1. The Morgan fingerprint density at radius 1 is 1.24 bits per heavy atom. The van der Waals surface area contributed by atoms with E-state index >= 15 is 0 Å². The summed E-state index contributed by atoms with van der Waals surface area (Å²) in [7, 11) is 4.82. The van der Waals surface area contributed by atoms with Crippen molar-refractivity contribution in [2.24, 2.45) is 4.99 Å². The molecule has 0 spiro atoms. The van der Waals surface area contributed by atoms with E-state index in [1.165, 1.54) is 4.90 Å². The van der Waals surface area contributed by atoms with E-state index in [0.29, 0.717) is 12.5 Å². The van der Waals surface area contributed by atoms with Gasteiger partial charge in [-0.15, -0.1) is 11.3 Å². The van der Waals surface area contributed by atoms with Gasteiger partial charge in [-0.1, -0.05) is 12.1 Å². The van der Waals surface area contributed by atoms with Crippen LogP contribution in [0.5, 0.6) is 5.75 Å². The van der Waals surface area contributed by atoms with Gasteiger partial charge < -0.3 is 20.3 Å². The molecular weight excluding hydrogens is 407 g/mol. The van der Waals surface area contributed by atoms with Crippen LogP contribution in [-0.4, -0.2) is 49.5 Å². The number of guanidine groups is 1. The third-order valence-electron chi connectivity index (χ3n) is 3.73. The van der Waals surface area contributed by atoms with Gasteiger partial charge in [-0.25, -0.2) is 9.98 Å². The number of amides is 1. The van der Waals surface area contributed by atoms with Gasteiger partial charge in [0.1, 0.15) is 10.8 Å². The van der Waals surface area contributed by atoms with Crippen molar-refractivity contribution < 1.29 is 22.7 Å². The van der Waals surface area contributed by atoms with E-state index in [1.54, 1.807) is 33.3 Å². The van der Waals surface area contributed by atoms with Crippen molar-refractivity contribution in [1.29, 1.82) is 0 Å². The van der Waals surface area contributed by atoms with Crippen LogP contribution in [0.2, 0.25) is 0 Å². The molecule has 1 heterocycles. The first-order chi connectivity index (χ1) is 13.7. The van der Waals surface area contributed by atoms with Crippen molar-refractivity contribution in [2.75, 3.05) is 27.7 Å². The number of ether oxygens (including phenoxy) is 1. The predicted octanol–water partition coefficient (Wildman–Crippen LogP) is 2.49. The molecule has 2 rings (SSSR count). The van der Waals surface area contributed by atoms with Crippen LogP contribution in [0.3, 0.4) is 0 Å². The monoisotopic (exact) mass is 429 g/mol. The lowest BCUT2D eigenvalue weighted by molar-refractivity contribution is -0.140. The first-order valence-corrected chi connectivity index (χ1v) is 9.44. The fourth-order valence-corrected chi connectivity index (χ4v) is 2.82. The molecule has 7 nitrogen and oxygen atoms in total. The highest BCUT2D eigenvalue weighted by molar-refractivity contribution is 7.09. The minimum atomic E-state index is -4.48. The maximum absolute atomic E-state index is 12.7. The summed E-state index contributed by atoms with van der Waals surface area (Å²) in [6.45, 7) is 0.347. The molecule has 0 saturated carbocycles. The molecule has 0 saturated heterocycles. The van der Waals surface area contributed by atoms with Gasteiger partial charge in [0.25, 0.3) is 0 Å². The summed E-state index contributed by atoms with van der Waals surface area (Å²) in [5.41, 5.74) is -0.0220. The zero-order valence-electron chi connectivity index (χ0n) is 16.2. The van der Waals surface area contributed by atoms with Crippen molar-refractivity contribution in [3.05, 3.63) is 45.9 Å². The summed E-state index contributed by atoms with van der Waals surface area (Å²) in [4.78, 5) is 21.2. The molecule has 29 heavy (non-hydrogen) atoms. The van der Waals surface area contributed by atoms with Crippen LogP contribution in [0.4, 0.5) is 13.2 Å². The number of hydrogen-bond acceptors (Lipinski definition) is 5. The van der Waals surface area contributed by atoms with Gasteiger partial charge in [-0.05, 0) is 17.7 Å². The average molecular weight is 429 g/mol. The number of hydrogen-bond donors (Lipinski definition) is 2. The van der Waals surface area contributed by atoms with E-state index in [0.717, 1.165) is 28.0 Å². The lowest BCUT2D eigenvalue weighted by Crippen LogP contribution is -2.42. The minimum absolute atomic E-state index is 0.00683. The van der Waals surface area contributed by atoms with Crippen molar-refractivity contribution in [3.63, 3.8) is 0 Å². The zero-order chi connectivity index (χ0) is 21.4. The van der Waals surface area contributed by atoms with E-state index in [-0.39, 0.29) is 24.0 Å². The van der Waals surface area contributed by atoms with Gasteiger partial charge in [0.2, 0.25) is 5.91 Å². The Morgan fingerprint density at radius 3 is 2.48 bits per heavy atom. The molecule has 0 radical (unpaired) electrons. The maximum atomic E-state index is 12.7. The molecule has 0 aliphatic rings. The molecule has 0 aliphatic heterocycles. The first kappa shape index (κ1) is 22.5. The number of carbonyl (C=O) groups excluding carboxylic acids is 1. The molecule has 0 unspecified atom stereocenters. The van der Waals surface area contributed by atoms with Gasteiger partial charge >= 0.3 is 6.18 Å². The van der Waals surface area contributed by atoms with Crippen molar-refractivity contribution in [3.8, 4) is 5.75 Å². The highest BCUT2D eigenvalue weighted by Gasteiger charge is 2.33. The van der Waals surface area contributed by atoms with Gasteiger partial charge in [-0.2, -0.15) is 13.2 Å². The minimum Gasteiger partial charge on any atom is -0.497 e. The Morgan fingerprint density at radius 2 is 1.93 bits per heavy atom. The molecule has 0 bridgehead atoms. The fraction of sp³-hybridized carbons (Fsp3) is 0.389. The summed E-state index contributed by atoms with van der Waals surface area (Å²) in [6, 6.07) is 7.30. The number of carbonyl (C=O) groups is 1. The molecule has 1 amide bonds. The summed E-state index contributed by atoms with van der Waals surface area (Å²) >= 11 is 0.901. The molecule has 2 N–H and O–H groups in total. The average Bonchev–Trinajstić information content (AvgIpc) is 3.17. The topological polar surface area (TPSA) is 78.8 Å². The number of alkyl halides is 3. The Bertz CT molecular complexity index is 835. The number of halogens is 3. The normalized spacial score (nSPS) is 11.9. The largest absolute Gasteiger partial charge is 0.497 e. The van der Waals surface area contributed by atoms with Crippen LogP contribution in [-0.2, 0) is 24.1 Å².